The third kappa shape index (κ3) is 5.95. The van der Waals surface area contributed by atoms with Crippen LogP contribution in [0, 0.1) is 0 Å². The fraction of sp³-hybridized carbons (Fsp3) is 0.429. The maximum Gasteiger partial charge on any atom is 0.295 e. The number of ether oxygens (including phenoxy) is 2. The van der Waals surface area contributed by atoms with Crippen molar-refractivity contribution in [1.82, 2.24) is 14.1 Å². The normalized spacial score (nSPS) is 22.6. The van der Waals surface area contributed by atoms with E-state index in [1.54, 1.807) is 24.3 Å². The zero-order valence-corrected chi connectivity index (χ0v) is 23.6. The van der Waals surface area contributed by atoms with Gasteiger partial charge >= 0.3 is 0 Å². The summed E-state index contributed by atoms with van der Waals surface area (Å²) in [6.45, 7) is 5.23. The number of likely N-dealkylation sites (tertiary alicyclic amines) is 1. The van der Waals surface area contributed by atoms with E-state index in [0.717, 1.165) is 19.6 Å². The average molecular weight is 590 g/mol. The van der Waals surface area contributed by atoms with Crippen molar-refractivity contribution < 1.29 is 32.6 Å². The number of hydrogen-bond acceptors (Lipinski definition) is 8. The van der Waals surface area contributed by atoms with E-state index in [0.29, 0.717) is 50.0 Å². The highest BCUT2D eigenvalue weighted by Crippen LogP contribution is 2.40. The van der Waals surface area contributed by atoms with Crippen molar-refractivity contribution in [1.29, 1.82) is 0 Å². The van der Waals surface area contributed by atoms with Crippen LogP contribution >= 0.6 is 11.6 Å². The Morgan fingerprint density at radius 1 is 0.875 bits per heavy atom. The number of sulfonamides is 1. The van der Waals surface area contributed by atoms with Gasteiger partial charge in [0.05, 0.1) is 42.9 Å². The number of nitrogens with zero attached hydrogens (tertiary/aromatic N) is 3. The maximum absolute atomic E-state index is 13.3. The van der Waals surface area contributed by atoms with Gasteiger partial charge in [-0.15, -0.1) is 0 Å². The van der Waals surface area contributed by atoms with Gasteiger partial charge in [-0.1, -0.05) is 23.7 Å². The van der Waals surface area contributed by atoms with E-state index >= 15 is 0 Å². The fourth-order valence-electron chi connectivity index (χ4n) is 5.27. The van der Waals surface area contributed by atoms with Crippen LogP contribution in [0.4, 0.5) is 0 Å². The van der Waals surface area contributed by atoms with Crippen LogP contribution in [0.25, 0.3) is 5.76 Å². The zero-order valence-electron chi connectivity index (χ0n) is 22.0. The van der Waals surface area contributed by atoms with Gasteiger partial charge in [-0.05, 0) is 48.4 Å². The van der Waals surface area contributed by atoms with Crippen LogP contribution in [0.1, 0.15) is 23.6 Å². The Labute approximate surface area is 238 Å². The number of halogens is 1. The molecule has 2 aromatic rings. The van der Waals surface area contributed by atoms with Crippen molar-refractivity contribution in [3.63, 3.8) is 0 Å². The molecule has 0 saturated carbocycles. The summed E-state index contributed by atoms with van der Waals surface area (Å²) >= 11 is 6.10. The highest BCUT2D eigenvalue weighted by molar-refractivity contribution is 7.89. The summed E-state index contributed by atoms with van der Waals surface area (Å²) < 4.78 is 38.0. The predicted octanol–water partition coefficient (Wildman–Crippen LogP) is 2.50. The summed E-state index contributed by atoms with van der Waals surface area (Å²) in [7, 11) is -3.73. The second-order valence-corrected chi connectivity index (χ2v) is 12.3. The molecule has 0 bridgehead atoms. The Kier molecular flexibility index (Phi) is 8.89. The minimum Gasteiger partial charge on any atom is -0.507 e. The van der Waals surface area contributed by atoms with Crippen LogP contribution in [0.5, 0.6) is 0 Å². The van der Waals surface area contributed by atoms with Crippen molar-refractivity contribution in [2.75, 3.05) is 65.7 Å². The molecule has 1 amide bonds. The number of benzene rings is 2. The molecule has 12 heteroatoms. The van der Waals surface area contributed by atoms with Gasteiger partial charge < -0.3 is 19.5 Å². The number of aliphatic hydroxyl groups is 1. The molecule has 0 radical (unpaired) electrons. The number of morpholine rings is 2. The summed E-state index contributed by atoms with van der Waals surface area (Å²) in [5.74, 6) is -1.83. The molecule has 40 heavy (non-hydrogen) atoms. The van der Waals surface area contributed by atoms with E-state index in [1.165, 1.54) is 33.5 Å². The van der Waals surface area contributed by atoms with Crippen molar-refractivity contribution in [3.8, 4) is 0 Å². The van der Waals surface area contributed by atoms with Crippen molar-refractivity contribution in [2.45, 2.75) is 17.4 Å². The molecule has 3 saturated heterocycles. The Morgan fingerprint density at radius 2 is 1.48 bits per heavy atom. The number of aliphatic hydroxyl groups excluding tert-OH is 1. The smallest absolute Gasteiger partial charge is 0.295 e. The van der Waals surface area contributed by atoms with Gasteiger partial charge in [-0.3, -0.25) is 14.5 Å². The second kappa shape index (κ2) is 12.4. The molecule has 10 nitrogen and oxygen atoms in total. The summed E-state index contributed by atoms with van der Waals surface area (Å²) in [4.78, 5) is 30.3. The number of Topliss-reactive ketones (excluding diaryl/α,β-unsaturated/α-hetero) is 1. The molecule has 3 fully saturated rings. The van der Waals surface area contributed by atoms with Gasteiger partial charge in [0.2, 0.25) is 10.0 Å². The first kappa shape index (κ1) is 28.7. The lowest BCUT2D eigenvalue weighted by Crippen LogP contribution is -2.40. The fourth-order valence-corrected chi connectivity index (χ4v) is 6.80. The Bertz CT molecular complexity index is 1370. The first-order chi connectivity index (χ1) is 19.3. The van der Waals surface area contributed by atoms with E-state index in [9.17, 15) is 23.1 Å². The summed E-state index contributed by atoms with van der Waals surface area (Å²) in [6, 6.07) is 11.7. The second-order valence-electron chi connectivity index (χ2n) is 9.89. The molecule has 2 aromatic carbocycles. The van der Waals surface area contributed by atoms with Gasteiger partial charge in [-0.25, -0.2) is 8.42 Å². The first-order valence-corrected chi connectivity index (χ1v) is 15.1. The Balaban J connectivity index is 1.44. The largest absolute Gasteiger partial charge is 0.507 e. The molecule has 3 heterocycles. The molecule has 1 N–H and O–H groups in total. The number of rotatable bonds is 8. The minimum atomic E-state index is -3.73. The topological polar surface area (TPSA) is 117 Å². The molecule has 5 rings (SSSR count). The lowest BCUT2D eigenvalue weighted by molar-refractivity contribution is -0.140. The zero-order chi connectivity index (χ0) is 28.3. The maximum atomic E-state index is 13.3. The molecular weight excluding hydrogens is 558 g/mol. The lowest BCUT2D eigenvalue weighted by Gasteiger charge is -2.29. The van der Waals surface area contributed by atoms with Crippen LogP contribution in [-0.4, -0.2) is 105 Å². The van der Waals surface area contributed by atoms with E-state index in [2.05, 4.69) is 4.90 Å². The van der Waals surface area contributed by atoms with Gasteiger partial charge in [0.15, 0.2) is 0 Å². The highest BCUT2D eigenvalue weighted by Gasteiger charge is 2.45. The number of ketones is 1. The number of carbonyl (C=O) groups excluding carboxylic acids is 2. The summed E-state index contributed by atoms with van der Waals surface area (Å²) in [5, 5.41) is 11.8. The molecule has 1 atom stereocenters. The molecular formula is C28H32ClN3O7S. The molecule has 3 aliphatic rings. The third-order valence-corrected chi connectivity index (χ3v) is 9.60. The Hall–Kier alpha value is -2.80. The summed E-state index contributed by atoms with van der Waals surface area (Å²) in [6.07, 6.45) is 0.644. The monoisotopic (exact) mass is 589 g/mol. The molecule has 214 valence electrons. The molecule has 3 aliphatic heterocycles. The number of carbonyl (C=O) groups is 2. The van der Waals surface area contributed by atoms with Crippen LogP contribution in [0.2, 0.25) is 5.02 Å². The van der Waals surface area contributed by atoms with E-state index in [4.69, 9.17) is 21.1 Å². The van der Waals surface area contributed by atoms with E-state index in [1.807, 2.05) is 0 Å². The van der Waals surface area contributed by atoms with Gasteiger partial charge in [0.25, 0.3) is 11.7 Å². The third-order valence-electron chi connectivity index (χ3n) is 7.44. The molecule has 0 unspecified atom stereocenters. The molecule has 0 aromatic heterocycles. The van der Waals surface area contributed by atoms with Crippen molar-refractivity contribution in [3.05, 3.63) is 70.3 Å². The first-order valence-electron chi connectivity index (χ1n) is 13.3. The summed E-state index contributed by atoms with van der Waals surface area (Å²) in [5.41, 5.74) is 0.844. The molecule has 0 aliphatic carbocycles. The standard InChI is InChI=1S/C28H32ClN3O7S/c29-22-6-2-20(3-7-22)25-24(27(34)28(35)32(25)11-1-10-30-12-16-38-17-13-30)26(33)21-4-8-23(9-5-21)40(36,37)31-14-18-39-19-15-31/h2-9,25,33H,1,10-19H2/t25-/m1/s1. The Morgan fingerprint density at radius 3 is 2.10 bits per heavy atom. The molecule has 0 spiro atoms. The van der Waals surface area contributed by atoms with E-state index in [-0.39, 0.29) is 34.9 Å². The number of hydrogen-bond donors (Lipinski definition) is 1. The van der Waals surface area contributed by atoms with Crippen LogP contribution < -0.4 is 0 Å². The van der Waals surface area contributed by atoms with Crippen LogP contribution in [-0.2, 0) is 29.1 Å². The van der Waals surface area contributed by atoms with Crippen molar-refractivity contribution in [2.24, 2.45) is 0 Å². The number of amides is 1. The lowest BCUT2D eigenvalue weighted by atomic mass is 9.95. The van der Waals surface area contributed by atoms with Crippen LogP contribution in [0.15, 0.2) is 59.0 Å². The van der Waals surface area contributed by atoms with Crippen molar-refractivity contribution >= 4 is 39.1 Å². The SMILES string of the molecule is O=C1C(=O)N(CCCN2CCOCC2)[C@H](c2ccc(Cl)cc2)C1=C(O)c1ccc(S(=O)(=O)N2CCOCC2)cc1. The van der Waals surface area contributed by atoms with E-state index < -0.39 is 27.8 Å². The highest BCUT2D eigenvalue weighted by atomic mass is 35.5. The predicted molar refractivity (Wildman–Crippen MR) is 148 cm³/mol. The quantitative estimate of drug-likeness (QED) is 0.284. The average Bonchev–Trinajstić information content (AvgIpc) is 3.23. The van der Waals surface area contributed by atoms with Gasteiger partial charge in [0.1, 0.15) is 5.76 Å². The van der Waals surface area contributed by atoms with Gasteiger partial charge in [-0.2, -0.15) is 4.31 Å². The minimum absolute atomic E-state index is 0.0394. The van der Waals surface area contributed by atoms with Gasteiger partial charge in [0, 0.05) is 49.9 Å². The van der Waals surface area contributed by atoms with Crippen LogP contribution in [0.3, 0.4) is 0 Å².